The smallest absolute Gasteiger partial charge is 0.153 e. The van der Waals surface area contributed by atoms with Crippen LogP contribution in [0.1, 0.15) is 42.1 Å². The van der Waals surface area contributed by atoms with Crippen molar-refractivity contribution in [2.75, 3.05) is 11.4 Å². The van der Waals surface area contributed by atoms with Gasteiger partial charge in [-0.1, -0.05) is 24.3 Å². The van der Waals surface area contributed by atoms with E-state index in [2.05, 4.69) is 9.88 Å². The molecule has 0 spiro atoms. The molecule has 4 nitrogen and oxygen atoms in total. The summed E-state index contributed by atoms with van der Waals surface area (Å²) in [4.78, 5) is 6.74. The Hall–Kier alpha value is -3.28. The minimum Gasteiger partial charge on any atom is -0.348 e. The van der Waals surface area contributed by atoms with Gasteiger partial charge in [0.05, 0.1) is 17.9 Å². The summed E-state index contributed by atoms with van der Waals surface area (Å²) in [6.45, 7) is 0.892. The van der Waals surface area contributed by atoms with Gasteiger partial charge in [-0.05, 0) is 79.6 Å². The molecule has 2 aromatic heterocycles. The standard InChI is InChI=1S/C25H24F2N4/c26-20-8-1-5-18(15-20)6-2-10-22-17-28-24-12-13-25(29-31(22)24)30-14-4-11-23(30)19-7-3-9-21(27)16-19/h1,3,5,7-9,12-13,15-17,23H,2,4,6,10-11,14H2/t23-/m1/s1. The van der Waals surface area contributed by atoms with E-state index in [-0.39, 0.29) is 17.7 Å². The summed E-state index contributed by atoms with van der Waals surface area (Å²) in [6.07, 6.45) is 6.39. The van der Waals surface area contributed by atoms with Gasteiger partial charge in [0.2, 0.25) is 0 Å². The zero-order valence-corrected chi connectivity index (χ0v) is 17.2. The van der Waals surface area contributed by atoms with Crippen molar-refractivity contribution >= 4 is 11.5 Å². The maximum absolute atomic E-state index is 13.8. The average Bonchev–Trinajstić information content (AvgIpc) is 3.41. The molecule has 3 heterocycles. The largest absolute Gasteiger partial charge is 0.348 e. The van der Waals surface area contributed by atoms with Gasteiger partial charge >= 0.3 is 0 Å². The third kappa shape index (κ3) is 4.15. The van der Waals surface area contributed by atoms with Crippen LogP contribution in [0.4, 0.5) is 14.6 Å². The van der Waals surface area contributed by atoms with Gasteiger partial charge < -0.3 is 4.90 Å². The lowest BCUT2D eigenvalue weighted by molar-refractivity contribution is 0.617. The van der Waals surface area contributed by atoms with Crippen LogP contribution in [0.3, 0.4) is 0 Å². The highest BCUT2D eigenvalue weighted by Gasteiger charge is 2.27. The molecule has 2 aromatic carbocycles. The monoisotopic (exact) mass is 418 g/mol. The predicted octanol–water partition coefficient (Wildman–Crippen LogP) is 5.52. The van der Waals surface area contributed by atoms with E-state index >= 15 is 0 Å². The molecule has 0 unspecified atom stereocenters. The highest BCUT2D eigenvalue weighted by molar-refractivity contribution is 5.49. The van der Waals surface area contributed by atoms with Crippen molar-refractivity contribution in [1.29, 1.82) is 0 Å². The Bertz CT molecular complexity index is 1200. The molecular weight excluding hydrogens is 394 g/mol. The van der Waals surface area contributed by atoms with Gasteiger partial charge in [-0.25, -0.2) is 18.3 Å². The third-order valence-corrected chi connectivity index (χ3v) is 5.99. The number of anilines is 1. The topological polar surface area (TPSA) is 33.4 Å². The highest BCUT2D eigenvalue weighted by Crippen LogP contribution is 2.35. The summed E-state index contributed by atoms with van der Waals surface area (Å²) < 4.78 is 29.1. The number of rotatable bonds is 6. The molecule has 0 aliphatic carbocycles. The number of hydrogen-bond acceptors (Lipinski definition) is 3. The van der Waals surface area contributed by atoms with Crippen molar-refractivity contribution in [3.63, 3.8) is 0 Å². The first-order valence-electron chi connectivity index (χ1n) is 10.8. The number of hydrogen-bond donors (Lipinski definition) is 0. The van der Waals surface area contributed by atoms with E-state index < -0.39 is 0 Å². The second-order valence-corrected chi connectivity index (χ2v) is 8.10. The van der Waals surface area contributed by atoms with E-state index in [9.17, 15) is 8.78 Å². The Morgan fingerprint density at radius 3 is 2.61 bits per heavy atom. The maximum Gasteiger partial charge on any atom is 0.153 e. The van der Waals surface area contributed by atoms with E-state index in [1.54, 1.807) is 24.3 Å². The third-order valence-electron chi connectivity index (χ3n) is 5.99. The van der Waals surface area contributed by atoms with Crippen LogP contribution in [-0.4, -0.2) is 21.1 Å². The van der Waals surface area contributed by atoms with Crippen LogP contribution in [0.2, 0.25) is 0 Å². The molecular formula is C25H24F2N4. The number of benzene rings is 2. The molecule has 0 amide bonds. The number of fused-ring (bicyclic) bond motifs is 1. The second kappa shape index (κ2) is 8.46. The van der Waals surface area contributed by atoms with Crippen molar-refractivity contribution in [2.24, 2.45) is 0 Å². The zero-order valence-electron chi connectivity index (χ0n) is 17.2. The summed E-state index contributed by atoms with van der Waals surface area (Å²) in [5.41, 5.74) is 3.83. The van der Waals surface area contributed by atoms with Crippen LogP contribution in [-0.2, 0) is 12.8 Å². The van der Waals surface area contributed by atoms with Gasteiger partial charge in [0.25, 0.3) is 0 Å². The number of aryl methyl sites for hydroxylation is 2. The summed E-state index contributed by atoms with van der Waals surface area (Å²) in [7, 11) is 0. The molecule has 0 saturated carbocycles. The van der Waals surface area contributed by atoms with Crippen LogP contribution in [0.5, 0.6) is 0 Å². The lowest BCUT2D eigenvalue weighted by Crippen LogP contribution is -2.24. The lowest BCUT2D eigenvalue weighted by Gasteiger charge is -2.26. The number of halogens is 2. The zero-order chi connectivity index (χ0) is 21.2. The summed E-state index contributed by atoms with van der Waals surface area (Å²) >= 11 is 0. The fraction of sp³-hybridized carbons (Fsp3) is 0.280. The van der Waals surface area contributed by atoms with Gasteiger partial charge in [0.15, 0.2) is 5.65 Å². The minimum atomic E-state index is -0.206. The van der Waals surface area contributed by atoms with Crippen molar-refractivity contribution in [3.8, 4) is 0 Å². The quantitative estimate of drug-likeness (QED) is 0.413. The van der Waals surface area contributed by atoms with Crippen molar-refractivity contribution < 1.29 is 8.78 Å². The normalized spacial score (nSPS) is 16.3. The lowest BCUT2D eigenvalue weighted by atomic mass is 10.0. The predicted molar refractivity (Wildman–Crippen MR) is 117 cm³/mol. The Morgan fingerprint density at radius 2 is 1.77 bits per heavy atom. The van der Waals surface area contributed by atoms with Crippen LogP contribution < -0.4 is 4.90 Å². The van der Waals surface area contributed by atoms with E-state index in [0.29, 0.717) is 0 Å². The average molecular weight is 418 g/mol. The van der Waals surface area contributed by atoms with E-state index in [4.69, 9.17) is 5.10 Å². The molecule has 0 radical (unpaired) electrons. The molecule has 1 atom stereocenters. The molecule has 6 heteroatoms. The summed E-state index contributed by atoms with van der Waals surface area (Å²) in [5, 5.41) is 4.88. The molecule has 1 fully saturated rings. The van der Waals surface area contributed by atoms with Gasteiger partial charge in [-0.3, -0.25) is 0 Å². The van der Waals surface area contributed by atoms with Crippen LogP contribution >= 0.6 is 0 Å². The van der Waals surface area contributed by atoms with Crippen molar-refractivity contribution in [1.82, 2.24) is 14.6 Å². The first kappa shape index (κ1) is 19.7. The van der Waals surface area contributed by atoms with Crippen molar-refractivity contribution in [2.45, 2.75) is 38.1 Å². The molecule has 158 valence electrons. The summed E-state index contributed by atoms with van der Waals surface area (Å²) in [5.74, 6) is 0.476. The van der Waals surface area contributed by atoms with E-state index in [1.165, 1.54) is 12.1 Å². The number of imidazole rings is 1. The minimum absolute atomic E-state index is 0.126. The maximum atomic E-state index is 13.8. The fourth-order valence-corrected chi connectivity index (χ4v) is 4.50. The van der Waals surface area contributed by atoms with E-state index in [1.807, 2.05) is 35.0 Å². The Balaban J connectivity index is 1.36. The van der Waals surface area contributed by atoms with Gasteiger partial charge in [0, 0.05) is 6.54 Å². The van der Waals surface area contributed by atoms with Crippen LogP contribution in [0.15, 0.2) is 66.9 Å². The number of nitrogens with zero attached hydrogens (tertiary/aromatic N) is 4. The fourth-order valence-electron chi connectivity index (χ4n) is 4.50. The Morgan fingerprint density at radius 1 is 0.935 bits per heavy atom. The number of aromatic nitrogens is 3. The first-order valence-corrected chi connectivity index (χ1v) is 10.8. The van der Waals surface area contributed by atoms with Gasteiger partial charge in [-0.15, -0.1) is 5.10 Å². The molecule has 4 aromatic rings. The van der Waals surface area contributed by atoms with Gasteiger partial charge in [-0.2, -0.15) is 0 Å². The molecule has 0 bridgehead atoms. The second-order valence-electron chi connectivity index (χ2n) is 8.10. The summed E-state index contributed by atoms with van der Waals surface area (Å²) in [6, 6.07) is 17.7. The molecule has 31 heavy (non-hydrogen) atoms. The molecule has 1 aliphatic rings. The SMILES string of the molecule is Fc1cccc(CCCc2cnc3ccc(N4CCC[C@@H]4c4cccc(F)c4)nn23)c1. The molecule has 0 N–H and O–H groups in total. The van der Waals surface area contributed by atoms with Crippen molar-refractivity contribution in [3.05, 3.63) is 95.3 Å². The molecule has 5 rings (SSSR count). The van der Waals surface area contributed by atoms with Crippen LogP contribution in [0, 0.1) is 11.6 Å². The first-order chi connectivity index (χ1) is 15.2. The van der Waals surface area contributed by atoms with Crippen LogP contribution in [0.25, 0.3) is 5.65 Å². The Kier molecular flexibility index (Phi) is 5.37. The van der Waals surface area contributed by atoms with Gasteiger partial charge in [0.1, 0.15) is 17.5 Å². The van der Waals surface area contributed by atoms with E-state index in [0.717, 1.165) is 66.9 Å². The molecule has 1 aliphatic heterocycles. The molecule has 1 saturated heterocycles. The Labute approximate surface area is 180 Å². The highest BCUT2D eigenvalue weighted by atomic mass is 19.1.